The van der Waals surface area contributed by atoms with Crippen molar-refractivity contribution in [3.8, 4) is 5.75 Å². The van der Waals surface area contributed by atoms with E-state index in [2.05, 4.69) is 5.32 Å². The van der Waals surface area contributed by atoms with Crippen LogP contribution >= 0.6 is 11.6 Å². The van der Waals surface area contributed by atoms with Gasteiger partial charge >= 0.3 is 5.97 Å². The first-order valence-corrected chi connectivity index (χ1v) is 8.74. The molecule has 27 heavy (non-hydrogen) atoms. The Hall–Kier alpha value is -2.86. The monoisotopic (exact) mass is 389 g/mol. The summed E-state index contributed by atoms with van der Waals surface area (Å²) >= 11 is 5.86. The Morgan fingerprint density at radius 2 is 1.74 bits per heavy atom. The fourth-order valence-electron chi connectivity index (χ4n) is 2.22. The van der Waals surface area contributed by atoms with E-state index in [1.165, 1.54) is 0 Å². The van der Waals surface area contributed by atoms with E-state index < -0.39 is 18.5 Å². The number of ether oxygens (including phenoxy) is 2. The van der Waals surface area contributed by atoms with Crippen molar-refractivity contribution in [1.29, 1.82) is 0 Å². The van der Waals surface area contributed by atoms with Crippen LogP contribution in [0.15, 0.2) is 42.5 Å². The normalized spacial score (nSPS) is 10.2. The van der Waals surface area contributed by atoms with Crippen LogP contribution in [-0.4, -0.2) is 30.9 Å². The molecular formula is C20H20ClNO5. The molecule has 0 aromatic heterocycles. The Labute approximate surface area is 162 Å². The fourth-order valence-corrected chi connectivity index (χ4v) is 2.45. The second-order valence-corrected chi connectivity index (χ2v) is 6.19. The second kappa shape index (κ2) is 9.73. The summed E-state index contributed by atoms with van der Waals surface area (Å²) in [7, 11) is 0. The average Bonchev–Trinajstić information content (AvgIpc) is 2.66. The number of hydrogen-bond donors (Lipinski definition) is 1. The molecule has 0 atom stereocenters. The van der Waals surface area contributed by atoms with Gasteiger partial charge in [-0.25, -0.2) is 4.79 Å². The maximum atomic E-state index is 11.9. The van der Waals surface area contributed by atoms with E-state index in [0.29, 0.717) is 28.4 Å². The molecule has 0 aliphatic carbocycles. The standard InChI is InChI=1S/C20H20ClNO5/c1-3-18(23)14-4-7-16(8-5-14)26-12-20(25)27-11-19(24)22-17-9-6-15(21)10-13(17)2/h4-10H,3,11-12H2,1-2H3,(H,22,24). The summed E-state index contributed by atoms with van der Waals surface area (Å²) in [5, 5.41) is 3.21. The molecule has 0 radical (unpaired) electrons. The Kier molecular flexibility index (Phi) is 7.37. The van der Waals surface area contributed by atoms with Crippen molar-refractivity contribution < 1.29 is 23.9 Å². The van der Waals surface area contributed by atoms with Gasteiger partial charge in [0.05, 0.1) is 0 Å². The maximum absolute atomic E-state index is 11.9. The number of carbonyl (C=O) groups is 3. The molecule has 0 fully saturated rings. The van der Waals surface area contributed by atoms with Crippen LogP contribution in [0.5, 0.6) is 5.75 Å². The van der Waals surface area contributed by atoms with Crippen LogP contribution in [0.25, 0.3) is 0 Å². The molecular weight excluding hydrogens is 370 g/mol. The molecule has 0 aliphatic heterocycles. The van der Waals surface area contributed by atoms with Crippen LogP contribution in [0.1, 0.15) is 29.3 Å². The van der Waals surface area contributed by atoms with E-state index in [1.807, 2.05) is 0 Å². The molecule has 0 saturated carbocycles. The molecule has 0 bridgehead atoms. The summed E-state index contributed by atoms with van der Waals surface area (Å²) in [6.07, 6.45) is 0.421. The molecule has 0 unspecified atom stereocenters. The minimum Gasteiger partial charge on any atom is -0.482 e. The Morgan fingerprint density at radius 3 is 2.37 bits per heavy atom. The lowest BCUT2D eigenvalue weighted by molar-refractivity contribution is -0.149. The largest absolute Gasteiger partial charge is 0.482 e. The number of esters is 1. The van der Waals surface area contributed by atoms with Crippen molar-refractivity contribution in [2.45, 2.75) is 20.3 Å². The molecule has 2 rings (SSSR count). The van der Waals surface area contributed by atoms with Crippen LogP contribution in [0, 0.1) is 6.92 Å². The van der Waals surface area contributed by atoms with Crippen molar-refractivity contribution >= 4 is 34.9 Å². The van der Waals surface area contributed by atoms with Gasteiger partial charge in [-0.1, -0.05) is 18.5 Å². The van der Waals surface area contributed by atoms with Gasteiger partial charge in [0.1, 0.15) is 5.75 Å². The Bertz CT molecular complexity index is 833. The number of amides is 1. The highest BCUT2D eigenvalue weighted by Crippen LogP contribution is 2.19. The molecule has 1 amide bonds. The molecule has 142 valence electrons. The predicted molar refractivity (Wildman–Crippen MR) is 102 cm³/mol. The van der Waals surface area contributed by atoms with Crippen molar-refractivity contribution in [2.75, 3.05) is 18.5 Å². The quantitative estimate of drug-likeness (QED) is 0.548. The molecule has 2 aromatic rings. The van der Waals surface area contributed by atoms with Crippen LogP contribution in [0.4, 0.5) is 5.69 Å². The van der Waals surface area contributed by atoms with Crippen LogP contribution < -0.4 is 10.1 Å². The highest BCUT2D eigenvalue weighted by molar-refractivity contribution is 6.30. The second-order valence-electron chi connectivity index (χ2n) is 5.76. The molecule has 2 aromatic carbocycles. The van der Waals surface area contributed by atoms with E-state index in [9.17, 15) is 14.4 Å². The third kappa shape index (κ3) is 6.42. The van der Waals surface area contributed by atoms with E-state index in [0.717, 1.165) is 5.56 Å². The number of ketones is 1. The molecule has 0 heterocycles. The minimum absolute atomic E-state index is 0.0305. The number of carbonyl (C=O) groups excluding carboxylic acids is 3. The van der Waals surface area contributed by atoms with Gasteiger partial charge in [0.25, 0.3) is 5.91 Å². The highest BCUT2D eigenvalue weighted by atomic mass is 35.5. The number of nitrogens with one attached hydrogen (secondary N) is 1. The molecule has 7 heteroatoms. The molecule has 6 nitrogen and oxygen atoms in total. The average molecular weight is 390 g/mol. The maximum Gasteiger partial charge on any atom is 0.344 e. The topological polar surface area (TPSA) is 81.7 Å². The van der Waals surface area contributed by atoms with Gasteiger partial charge in [-0.05, 0) is 55.0 Å². The van der Waals surface area contributed by atoms with Gasteiger partial charge in [0, 0.05) is 22.7 Å². The Balaban J connectivity index is 1.75. The van der Waals surface area contributed by atoms with Gasteiger partial charge < -0.3 is 14.8 Å². The van der Waals surface area contributed by atoms with Gasteiger partial charge in [-0.15, -0.1) is 0 Å². The predicted octanol–water partition coefficient (Wildman–Crippen LogP) is 3.80. The van der Waals surface area contributed by atoms with E-state index >= 15 is 0 Å². The summed E-state index contributed by atoms with van der Waals surface area (Å²) < 4.78 is 10.2. The van der Waals surface area contributed by atoms with E-state index in [4.69, 9.17) is 21.1 Å². The summed E-state index contributed by atoms with van der Waals surface area (Å²) in [6.45, 7) is 2.83. The highest BCUT2D eigenvalue weighted by Gasteiger charge is 2.10. The first-order valence-electron chi connectivity index (χ1n) is 8.36. The third-order valence-electron chi connectivity index (χ3n) is 3.68. The molecule has 0 saturated heterocycles. The van der Waals surface area contributed by atoms with Crippen molar-refractivity contribution in [1.82, 2.24) is 0 Å². The fraction of sp³-hybridized carbons (Fsp3) is 0.250. The van der Waals surface area contributed by atoms with E-state index in [-0.39, 0.29) is 12.4 Å². The summed E-state index contributed by atoms with van der Waals surface area (Å²) in [4.78, 5) is 35.1. The van der Waals surface area contributed by atoms with Crippen molar-refractivity contribution in [3.05, 3.63) is 58.6 Å². The number of benzene rings is 2. The van der Waals surface area contributed by atoms with Crippen LogP contribution in [-0.2, 0) is 14.3 Å². The molecule has 0 aliphatic rings. The smallest absolute Gasteiger partial charge is 0.344 e. The van der Waals surface area contributed by atoms with Gasteiger partial charge in [-0.2, -0.15) is 0 Å². The summed E-state index contributed by atoms with van der Waals surface area (Å²) in [5.74, 6) is -0.674. The van der Waals surface area contributed by atoms with Crippen molar-refractivity contribution in [2.24, 2.45) is 0 Å². The zero-order valence-corrected chi connectivity index (χ0v) is 15.8. The number of aryl methyl sites for hydroxylation is 1. The number of anilines is 1. The number of rotatable bonds is 8. The third-order valence-corrected chi connectivity index (χ3v) is 3.92. The molecule has 1 N–H and O–H groups in total. The van der Waals surface area contributed by atoms with E-state index in [1.54, 1.807) is 56.3 Å². The Morgan fingerprint density at radius 1 is 1.04 bits per heavy atom. The van der Waals surface area contributed by atoms with Gasteiger partial charge in [-0.3, -0.25) is 9.59 Å². The van der Waals surface area contributed by atoms with Crippen molar-refractivity contribution in [3.63, 3.8) is 0 Å². The lowest BCUT2D eigenvalue weighted by Gasteiger charge is -2.10. The lowest BCUT2D eigenvalue weighted by Crippen LogP contribution is -2.24. The lowest BCUT2D eigenvalue weighted by atomic mass is 10.1. The molecule has 0 spiro atoms. The number of halogens is 1. The number of hydrogen-bond acceptors (Lipinski definition) is 5. The van der Waals surface area contributed by atoms with Crippen LogP contribution in [0.3, 0.4) is 0 Å². The van der Waals surface area contributed by atoms with Crippen LogP contribution in [0.2, 0.25) is 5.02 Å². The first-order chi connectivity index (χ1) is 12.9. The number of Topliss-reactive ketones (excluding diaryl/α,β-unsaturated/α-hetero) is 1. The first kappa shape index (κ1) is 20.5. The zero-order valence-electron chi connectivity index (χ0n) is 15.1. The minimum atomic E-state index is -0.674. The zero-order chi connectivity index (χ0) is 19.8. The SMILES string of the molecule is CCC(=O)c1ccc(OCC(=O)OCC(=O)Nc2ccc(Cl)cc2C)cc1. The summed E-state index contributed by atoms with van der Waals surface area (Å²) in [6, 6.07) is 11.5. The van der Waals surface area contributed by atoms with Gasteiger partial charge in [0.15, 0.2) is 19.0 Å². The van der Waals surface area contributed by atoms with Gasteiger partial charge in [0.2, 0.25) is 0 Å². The summed E-state index contributed by atoms with van der Waals surface area (Å²) in [5.41, 5.74) is 1.98.